The van der Waals surface area contributed by atoms with Crippen molar-refractivity contribution in [1.82, 2.24) is 9.97 Å². The molecule has 3 aromatic rings. The molecule has 1 fully saturated rings. The molecule has 1 atom stereocenters. The first kappa shape index (κ1) is 29.6. The van der Waals surface area contributed by atoms with Gasteiger partial charge in [-0.25, -0.2) is 9.97 Å². The average Bonchev–Trinajstić information content (AvgIpc) is 2.94. The smallest absolute Gasteiger partial charge is 0.225 e. The summed E-state index contributed by atoms with van der Waals surface area (Å²) < 4.78 is 0. The summed E-state index contributed by atoms with van der Waals surface area (Å²) in [6, 6.07) is 10.7. The highest BCUT2D eigenvalue weighted by Gasteiger charge is 2.26. The maximum Gasteiger partial charge on any atom is 0.225 e. The standard InChI is InChI=1S/C35H43ClN4/c1-8-11-26-13-10-12-24(6)33(26)25(7)18-30(29-14-15-32(36)34(37)28(29)9-2)31-21-40(17-16-23(31)5)35-38-19-27(20-39-35)22(3)4/h9-10,12-15,19-20,22,25H,2,5,8,11,16-18,21,37H2,1,3-4,6-7H3/b31-30+. The lowest BCUT2D eigenvalue weighted by molar-refractivity contribution is 0.724. The zero-order valence-electron chi connectivity index (χ0n) is 24.7. The van der Waals surface area contributed by atoms with Crippen LogP contribution in [0.4, 0.5) is 11.6 Å². The lowest BCUT2D eigenvalue weighted by Crippen LogP contribution is -2.34. The van der Waals surface area contributed by atoms with E-state index in [2.05, 4.69) is 76.9 Å². The van der Waals surface area contributed by atoms with Crippen molar-refractivity contribution in [1.29, 1.82) is 0 Å². The summed E-state index contributed by atoms with van der Waals surface area (Å²) >= 11 is 6.47. The molecule has 1 aromatic heterocycles. The van der Waals surface area contributed by atoms with Crippen molar-refractivity contribution >= 4 is 34.9 Å². The van der Waals surface area contributed by atoms with Crippen LogP contribution in [0.1, 0.15) is 92.2 Å². The molecule has 0 bridgehead atoms. The maximum atomic E-state index is 6.50. The lowest BCUT2D eigenvalue weighted by atomic mass is 9.80. The quantitative estimate of drug-likeness (QED) is 0.268. The Balaban J connectivity index is 1.84. The zero-order valence-corrected chi connectivity index (χ0v) is 25.5. The Morgan fingerprint density at radius 3 is 2.52 bits per heavy atom. The highest BCUT2D eigenvalue weighted by molar-refractivity contribution is 6.33. The normalized spacial score (nSPS) is 15.9. The summed E-state index contributed by atoms with van der Waals surface area (Å²) in [4.78, 5) is 11.7. The molecule has 5 heteroatoms. The topological polar surface area (TPSA) is 55.0 Å². The number of anilines is 2. The van der Waals surface area contributed by atoms with Gasteiger partial charge in [0.25, 0.3) is 0 Å². The minimum absolute atomic E-state index is 0.296. The number of allylic oxidation sites excluding steroid dienone is 1. The first-order chi connectivity index (χ1) is 19.2. The van der Waals surface area contributed by atoms with E-state index in [0.717, 1.165) is 60.4 Å². The first-order valence-corrected chi connectivity index (χ1v) is 14.8. The van der Waals surface area contributed by atoms with Crippen molar-refractivity contribution in [3.63, 3.8) is 0 Å². The van der Waals surface area contributed by atoms with Crippen LogP contribution in [0.3, 0.4) is 0 Å². The minimum Gasteiger partial charge on any atom is -0.397 e. The van der Waals surface area contributed by atoms with E-state index in [-0.39, 0.29) is 0 Å². The average molecular weight is 555 g/mol. The molecule has 2 aromatic carbocycles. The second-order valence-corrected chi connectivity index (χ2v) is 11.7. The summed E-state index contributed by atoms with van der Waals surface area (Å²) in [6.07, 6.45) is 9.61. The molecule has 1 aliphatic rings. The van der Waals surface area contributed by atoms with Crippen LogP contribution in [0, 0.1) is 6.92 Å². The van der Waals surface area contributed by atoms with Gasteiger partial charge >= 0.3 is 0 Å². The van der Waals surface area contributed by atoms with Crippen LogP contribution in [0.5, 0.6) is 0 Å². The third-order valence-corrected chi connectivity index (χ3v) is 8.46. The van der Waals surface area contributed by atoms with E-state index < -0.39 is 0 Å². The molecule has 1 saturated heterocycles. The Bertz CT molecular complexity index is 1420. The SMILES string of the molecule is C=Cc1c(/C(CC(C)c2c(C)cccc2CCC)=C2\CN(c3ncc(C(C)C)cn3)CCC2=C)ccc(Cl)c1N. The van der Waals surface area contributed by atoms with Gasteiger partial charge in [0, 0.05) is 31.0 Å². The predicted octanol–water partition coefficient (Wildman–Crippen LogP) is 9.15. The van der Waals surface area contributed by atoms with E-state index in [1.54, 1.807) is 0 Å². The summed E-state index contributed by atoms with van der Waals surface area (Å²) in [7, 11) is 0. The molecule has 1 unspecified atom stereocenters. The molecule has 40 heavy (non-hydrogen) atoms. The molecule has 0 radical (unpaired) electrons. The number of nitrogens with zero attached hydrogens (tertiary/aromatic N) is 3. The van der Waals surface area contributed by atoms with Gasteiger partial charge in [-0.15, -0.1) is 0 Å². The van der Waals surface area contributed by atoms with E-state index in [9.17, 15) is 0 Å². The number of aryl methyl sites for hydroxylation is 2. The fourth-order valence-electron chi connectivity index (χ4n) is 5.91. The third kappa shape index (κ3) is 6.18. The number of rotatable bonds is 9. The van der Waals surface area contributed by atoms with Crippen LogP contribution >= 0.6 is 11.6 Å². The third-order valence-electron chi connectivity index (χ3n) is 8.13. The molecule has 0 saturated carbocycles. The van der Waals surface area contributed by atoms with E-state index in [1.807, 2.05) is 24.5 Å². The number of hydrogen-bond acceptors (Lipinski definition) is 4. The highest BCUT2D eigenvalue weighted by atomic mass is 35.5. The number of hydrogen-bond donors (Lipinski definition) is 1. The van der Waals surface area contributed by atoms with E-state index >= 15 is 0 Å². The molecule has 2 heterocycles. The van der Waals surface area contributed by atoms with Gasteiger partial charge in [-0.1, -0.05) is 89.2 Å². The molecular weight excluding hydrogens is 512 g/mol. The molecule has 0 spiro atoms. The summed E-state index contributed by atoms with van der Waals surface area (Å²) in [5.74, 6) is 1.44. The zero-order chi connectivity index (χ0) is 29.0. The second kappa shape index (κ2) is 12.9. The van der Waals surface area contributed by atoms with Gasteiger partial charge in [0.2, 0.25) is 5.95 Å². The second-order valence-electron chi connectivity index (χ2n) is 11.3. The molecule has 4 nitrogen and oxygen atoms in total. The number of aromatic nitrogens is 2. The van der Waals surface area contributed by atoms with E-state index in [4.69, 9.17) is 27.3 Å². The van der Waals surface area contributed by atoms with Crippen molar-refractivity contribution < 1.29 is 0 Å². The van der Waals surface area contributed by atoms with Crippen molar-refractivity contribution in [3.8, 4) is 0 Å². The van der Waals surface area contributed by atoms with Gasteiger partial charge in [0.1, 0.15) is 0 Å². The van der Waals surface area contributed by atoms with E-state index in [1.165, 1.54) is 27.8 Å². The van der Waals surface area contributed by atoms with Gasteiger partial charge < -0.3 is 10.6 Å². The molecule has 0 amide bonds. The van der Waals surface area contributed by atoms with Gasteiger partial charge in [0.05, 0.1) is 10.7 Å². The summed E-state index contributed by atoms with van der Waals surface area (Å²) in [6.45, 7) is 21.3. The van der Waals surface area contributed by atoms with Crippen LogP contribution in [-0.2, 0) is 6.42 Å². The van der Waals surface area contributed by atoms with Crippen molar-refractivity contribution in [2.24, 2.45) is 0 Å². The minimum atomic E-state index is 0.296. The van der Waals surface area contributed by atoms with Gasteiger partial charge in [-0.3, -0.25) is 0 Å². The van der Waals surface area contributed by atoms with Crippen LogP contribution in [-0.4, -0.2) is 23.1 Å². The van der Waals surface area contributed by atoms with Gasteiger partial charge in [-0.2, -0.15) is 0 Å². The Labute approximate surface area is 245 Å². The lowest BCUT2D eigenvalue weighted by Gasteiger charge is -2.33. The molecule has 0 aliphatic carbocycles. The first-order valence-electron chi connectivity index (χ1n) is 14.4. The Morgan fingerprint density at radius 1 is 1.15 bits per heavy atom. The number of benzene rings is 2. The summed E-state index contributed by atoms with van der Waals surface area (Å²) in [5.41, 5.74) is 18.0. The monoisotopic (exact) mass is 554 g/mol. The van der Waals surface area contributed by atoms with Crippen LogP contribution < -0.4 is 10.6 Å². The molecule has 2 N–H and O–H groups in total. The van der Waals surface area contributed by atoms with Gasteiger partial charge in [0.15, 0.2) is 0 Å². The highest BCUT2D eigenvalue weighted by Crippen LogP contribution is 2.42. The van der Waals surface area contributed by atoms with Crippen LogP contribution in [0.15, 0.2) is 67.0 Å². The molecule has 210 valence electrons. The van der Waals surface area contributed by atoms with Crippen LogP contribution in [0.25, 0.3) is 11.6 Å². The Hall–Kier alpha value is -3.37. The Morgan fingerprint density at radius 2 is 1.88 bits per heavy atom. The fourth-order valence-corrected chi connectivity index (χ4v) is 6.07. The predicted molar refractivity (Wildman–Crippen MR) is 173 cm³/mol. The largest absolute Gasteiger partial charge is 0.397 e. The van der Waals surface area contributed by atoms with Crippen molar-refractivity contribution in [2.45, 2.75) is 72.1 Å². The maximum absolute atomic E-state index is 6.50. The van der Waals surface area contributed by atoms with Crippen molar-refractivity contribution in [3.05, 3.63) is 105 Å². The summed E-state index contributed by atoms with van der Waals surface area (Å²) in [5, 5.41) is 0.544. The Kier molecular flexibility index (Phi) is 9.52. The fraction of sp³-hybridized carbons (Fsp3) is 0.371. The molecule has 1 aliphatic heterocycles. The van der Waals surface area contributed by atoms with Gasteiger partial charge in [-0.05, 0) is 88.6 Å². The number of nitrogens with two attached hydrogens (primary N) is 1. The van der Waals surface area contributed by atoms with E-state index in [0.29, 0.717) is 29.1 Å². The molecular formula is C35H43ClN4. The van der Waals surface area contributed by atoms with Crippen LogP contribution in [0.2, 0.25) is 5.02 Å². The molecule has 4 rings (SSSR count). The van der Waals surface area contributed by atoms with Crippen molar-refractivity contribution in [2.75, 3.05) is 23.7 Å². The number of halogens is 1. The number of nitrogen functional groups attached to an aromatic ring is 1. The number of piperidine rings is 1.